The Hall–Kier alpha value is -1.44. The van der Waals surface area contributed by atoms with Gasteiger partial charge in [0.2, 0.25) is 11.7 Å². The highest BCUT2D eigenvalue weighted by Crippen LogP contribution is 2.42. The lowest BCUT2D eigenvalue weighted by molar-refractivity contribution is 0.0661. The molecule has 1 heterocycles. The molecule has 0 saturated heterocycles. The quantitative estimate of drug-likeness (QED) is 0.835. The minimum Gasteiger partial charge on any atom is -0.475 e. The topological polar surface area (TPSA) is 63.3 Å². The monoisotopic (exact) mass is 373 g/mol. The SMILES string of the molecule is O=C(O)c1oc(-c2ccc(F)cc2I)nc1C1CC1. The second kappa shape index (κ2) is 4.59. The molecule has 1 saturated carbocycles. The van der Waals surface area contributed by atoms with E-state index in [0.717, 1.165) is 12.8 Å². The largest absolute Gasteiger partial charge is 0.475 e. The van der Waals surface area contributed by atoms with Crippen LogP contribution in [0.25, 0.3) is 11.5 Å². The van der Waals surface area contributed by atoms with Gasteiger partial charge in [0.25, 0.3) is 0 Å². The molecule has 19 heavy (non-hydrogen) atoms. The number of aromatic carboxylic acids is 1. The van der Waals surface area contributed by atoms with Gasteiger partial charge in [0, 0.05) is 9.49 Å². The highest BCUT2D eigenvalue weighted by atomic mass is 127. The molecule has 1 aliphatic rings. The predicted molar refractivity (Wildman–Crippen MR) is 73.5 cm³/mol. The van der Waals surface area contributed by atoms with E-state index in [9.17, 15) is 9.18 Å². The summed E-state index contributed by atoms with van der Waals surface area (Å²) in [6, 6.07) is 4.21. The van der Waals surface area contributed by atoms with Gasteiger partial charge in [0.05, 0.1) is 11.3 Å². The molecule has 1 N–H and O–H groups in total. The van der Waals surface area contributed by atoms with Crippen molar-refractivity contribution in [3.8, 4) is 11.5 Å². The molecular formula is C13H9FINO3. The summed E-state index contributed by atoms with van der Waals surface area (Å²) in [5.74, 6) is -1.14. The molecule has 6 heteroatoms. The molecule has 0 unspecified atom stereocenters. The Morgan fingerprint density at radius 1 is 1.47 bits per heavy atom. The fourth-order valence-corrected chi connectivity index (χ4v) is 2.60. The first-order chi connectivity index (χ1) is 9.06. The summed E-state index contributed by atoms with van der Waals surface area (Å²) in [5.41, 5.74) is 1.11. The van der Waals surface area contributed by atoms with Crippen LogP contribution in [0.5, 0.6) is 0 Å². The third-order valence-electron chi connectivity index (χ3n) is 2.97. The van der Waals surface area contributed by atoms with Gasteiger partial charge in [0.1, 0.15) is 5.82 Å². The highest BCUT2D eigenvalue weighted by Gasteiger charge is 2.33. The van der Waals surface area contributed by atoms with Gasteiger partial charge in [-0.05, 0) is 53.6 Å². The second-order valence-corrected chi connectivity index (χ2v) is 5.60. The van der Waals surface area contributed by atoms with Gasteiger partial charge in [-0.1, -0.05) is 0 Å². The summed E-state index contributed by atoms with van der Waals surface area (Å²) in [6.45, 7) is 0. The molecule has 0 aliphatic heterocycles. The van der Waals surface area contributed by atoms with Crippen LogP contribution in [0.2, 0.25) is 0 Å². The number of hydrogen-bond acceptors (Lipinski definition) is 3. The average molecular weight is 373 g/mol. The number of benzene rings is 1. The average Bonchev–Trinajstić information content (AvgIpc) is 3.09. The number of carbonyl (C=O) groups is 1. The van der Waals surface area contributed by atoms with Crippen molar-refractivity contribution in [2.75, 3.05) is 0 Å². The molecule has 0 spiro atoms. The molecule has 0 radical (unpaired) electrons. The summed E-state index contributed by atoms with van der Waals surface area (Å²) >= 11 is 1.97. The van der Waals surface area contributed by atoms with E-state index in [2.05, 4.69) is 4.98 Å². The number of halogens is 2. The van der Waals surface area contributed by atoms with Gasteiger partial charge >= 0.3 is 5.97 Å². The Kier molecular flexibility index (Phi) is 3.04. The number of carboxylic acid groups (broad SMARTS) is 1. The van der Waals surface area contributed by atoms with Crippen molar-refractivity contribution >= 4 is 28.6 Å². The van der Waals surface area contributed by atoms with E-state index in [1.165, 1.54) is 12.1 Å². The molecule has 98 valence electrons. The number of hydrogen-bond donors (Lipinski definition) is 1. The molecule has 1 aliphatic carbocycles. The Morgan fingerprint density at radius 2 is 2.21 bits per heavy atom. The van der Waals surface area contributed by atoms with Gasteiger partial charge in [0.15, 0.2) is 0 Å². The number of nitrogens with zero attached hydrogens (tertiary/aromatic N) is 1. The molecule has 1 aromatic heterocycles. The predicted octanol–water partition coefficient (Wildman–Crippen LogP) is 3.66. The van der Waals surface area contributed by atoms with Crippen LogP contribution < -0.4 is 0 Å². The summed E-state index contributed by atoms with van der Waals surface area (Å²) in [4.78, 5) is 15.4. The first kappa shape index (κ1) is 12.6. The summed E-state index contributed by atoms with van der Waals surface area (Å²) in [6.07, 6.45) is 1.87. The maximum Gasteiger partial charge on any atom is 0.373 e. The number of aromatic nitrogens is 1. The van der Waals surface area contributed by atoms with E-state index in [-0.39, 0.29) is 23.4 Å². The van der Waals surface area contributed by atoms with E-state index in [4.69, 9.17) is 9.52 Å². The molecule has 0 bridgehead atoms. The van der Waals surface area contributed by atoms with Gasteiger partial charge in [-0.2, -0.15) is 0 Å². The second-order valence-electron chi connectivity index (χ2n) is 4.44. The minimum absolute atomic E-state index is 0.0994. The van der Waals surface area contributed by atoms with Crippen LogP contribution in [-0.2, 0) is 0 Å². The van der Waals surface area contributed by atoms with Gasteiger partial charge in [-0.25, -0.2) is 14.2 Å². The van der Waals surface area contributed by atoms with E-state index in [1.54, 1.807) is 6.07 Å². The normalized spacial score (nSPS) is 14.6. The Bertz CT molecular complexity index is 664. The van der Waals surface area contributed by atoms with E-state index in [0.29, 0.717) is 14.8 Å². The fourth-order valence-electron chi connectivity index (χ4n) is 1.90. The lowest BCUT2D eigenvalue weighted by Gasteiger charge is -1.99. The summed E-state index contributed by atoms with van der Waals surface area (Å²) < 4.78 is 19.0. The highest BCUT2D eigenvalue weighted by molar-refractivity contribution is 14.1. The molecule has 1 fully saturated rings. The van der Waals surface area contributed by atoms with Crippen molar-refractivity contribution in [3.63, 3.8) is 0 Å². The molecule has 4 nitrogen and oxygen atoms in total. The lowest BCUT2D eigenvalue weighted by Crippen LogP contribution is -1.98. The maximum atomic E-state index is 13.1. The van der Waals surface area contributed by atoms with Crippen LogP contribution in [0, 0.1) is 9.39 Å². The molecule has 3 rings (SSSR count). The Labute approximate surface area is 121 Å². The van der Waals surface area contributed by atoms with Gasteiger partial charge < -0.3 is 9.52 Å². The Balaban J connectivity index is 2.10. The third kappa shape index (κ3) is 2.36. The standard InChI is InChI=1S/C13H9FINO3/c14-7-3-4-8(9(15)5-7)12-16-10(6-1-2-6)11(19-12)13(17)18/h3-6H,1-2H2,(H,17,18). The van der Waals surface area contributed by atoms with Gasteiger partial charge in [-0.15, -0.1) is 0 Å². The van der Waals surface area contributed by atoms with Crippen LogP contribution in [0.15, 0.2) is 22.6 Å². The number of carboxylic acids is 1. The van der Waals surface area contributed by atoms with E-state index >= 15 is 0 Å². The first-order valence-corrected chi connectivity index (χ1v) is 6.83. The van der Waals surface area contributed by atoms with Crippen LogP contribution in [0.4, 0.5) is 4.39 Å². The van der Waals surface area contributed by atoms with Crippen LogP contribution in [0.1, 0.15) is 35.0 Å². The minimum atomic E-state index is -1.11. The zero-order chi connectivity index (χ0) is 13.6. The summed E-state index contributed by atoms with van der Waals surface area (Å²) in [5, 5.41) is 9.12. The fraction of sp³-hybridized carbons (Fsp3) is 0.231. The van der Waals surface area contributed by atoms with Gasteiger partial charge in [-0.3, -0.25) is 0 Å². The van der Waals surface area contributed by atoms with Crippen molar-refractivity contribution in [2.24, 2.45) is 0 Å². The van der Waals surface area contributed by atoms with Crippen LogP contribution in [-0.4, -0.2) is 16.1 Å². The molecule has 1 aromatic carbocycles. The smallest absolute Gasteiger partial charge is 0.373 e. The molecule has 0 amide bonds. The van der Waals surface area contributed by atoms with Crippen molar-refractivity contribution < 1.29 is 18.7 Å². The lowest BCUT2D eigenvalue weighted by atomic mass is 10.2. The zero-order valence-electron chi connectivity index (χ0n) is 9.69. The first-order valence-electron chi connectivity index (χ1n) is 5.75. The maximum absolute atomic E-state index is 13.1. The van der Waals surface area contributed by atoms with E-state index in [1.807, 2.05) is 22.6 Å². The summed E-state index contributed by atoms with van der Waals surface area (Å²) in [7, 11) is 0. The van der Waals surface area contributed by atoms with Crippen molar-refractivity contribution in [1.29, 1.82) is 0 Å². The van der Waals surface area contributed by atoms with Crippen LogP contribution >= 0.6 is 22.6 Å². The zero-order valence-corrected chi connectivity index (χ0v) is 11.8. The number of rotatable bonds is 3. The molecule has 0 atom stereocenters. The molecular weight excluding hydrogens is 364 g/mol. The number of oxazole rings is 1. The third-order valence-corrected chi connectivity index (χ3v) is 3.87. The van der Waals surface area contributed by atoms with Crippen molar-refractivity contribution in [2.45, 2.75) is 18.8 Å². The van der Waals surface area contributed by atoms with Crippen molar-refractivity contribution in [1.82, 2.24) is 4.98 Å². The van der Waals surface area contributed by atoms with E-state index < -0.39 is 5.97 Å². The Morgan fingerprint density at radius 3 is 2.79 bits per heavy atom. The van der Waals surface area contributed by atoms with Crippen molar-refractivity contribution in [3.05, 3.63) is 39.0 Å². The molecule has 2 aromatic rings. The van der Waals surface area contributed by atoms with Crippen LogP contribution in [0.3, 0.4) is 0 Å².